The summed E-state index contributed by atoms with van der Waals surface area (Å²) < 4.78 is 58.8. The number of H-pyrrole nitrogens is 1. The molecule has 0 aliphatic heterocycles. The second kappa shape index (κ2) is 6.71. The number of carboxylic acid groups (broad SMARTS) is 1. The largest absolute Gasteiger partial charge is 0.480 e. The lowest BCUT2D eigenvalue weighted by Gasteiger charge is -2.15. The number of alkyl halides is 3. The molecule has 134 valence electrons. The van der Waals surface area contributed by atoms with E-state index in [2.05, 4.69) is 5.10 Å². The molecule has 0 spiro atoms. The van der Waals surface area contributed by atoms with Gasteiger partial charge >= 0.3 is 12.1 Å². The van der Waals surface area contributed by atoms with Gasteiger partial charge in [-0.1, -0.05) is 11.6 Å². The maximum absolute atomic E-state index is 14.2. The first-order valence-electron chi connectivity index (χ1n) is 6.53. The summed E-state index contributed by atoms with van der Waals surface area (Å²) in [5.41, 5.74) is -4.72. The Bertz CT molecular complexity index is 896. The van der Waals surface area contributed by atoms with Gasteiger partial charge < -0.3 is 9.84 Å². The quantitative estimate of drug-likeness (QED) is 0.795. The molecule has 0 fully saturated rings. The molecule has 0 saturated carbocycles. The van der Waals surface area contributed by atoms with Gasteiger partial charge in [0.25, 0.3) is 5.56 Å². The first kappa shape index (κ1) is 18.7. The third-order valence-corrected chi connectivity index (χ3v) is 3.43. The number of benzene rings is 1. The summed E-state index contributed by atoms with van der Waals surface area (Å²) in [5, 5.41) is 13.4. The number of aromatic amines is 1. The molecule has 2 aromatic rings. The van der Waals surface area contributed by atoms with E-state index >= 15 is 0 Å². The molecular weight excluding hydrogens is 372 g/mol. The van der Waals surface area contributed by atoms with Crippen LogP contribution in [0.2, 0.25) is 5.02 Å². The third kappa shape index (κ3) is 3.90. The van der Waals surface area contributed by atoms with Gasteiger partial charge in [-0.25, -0.2) is 14.3 Å². The lowest BCUT2D eigenvalue weighted by molar-refractivity contribution is -0.139. The molecule has 0 aliphatic rings. The standard InChI is InChI=1S/C14H9ClF4N2O4/c1-5-11(14(17,18)19)12(20-21-13(5)24)6-2-9(25-4-10(22)23)7(15)3-8(6)16/h2-3H,4H2,1H3,(H,21,24)(H,22,23). The van der Waals surface area contributed by atoms with Crippen molar-refractivity contribution in [3.8, 4) is 17.0 Å². The van der Waals surface area contributed by atoms with E-state index in [9.17, 15) is 27.2 Å². The summed E-state index contributed by atoms with van der Waals surface area (Å²) in [5.74, 6) is -2.87. The number of aromatic nitrogens is 2. The second-order valence-electron chi connectivity index (χ2n) is 4.84. The average Bonchev–Trinajstić information content (AvgIpc) is 2.47. The zero-order chi connectivity index (χ0) is 18.9. The molecule has 0 aliphatic carbocycles. The number of rotatable bonds is 4. The molecule has 2 N–H and O–H groups in total. The fourth-order valence-electron chi connectivity index (χ4n) is 2.04. The Morgan fingerprint density at radius 2 is 2.04 bits per heavy atom. The predicted octanol–water partition coefficient (Wildman–Crippen LogP) is 3.02. The van der Waals surface area contributed by atoms with Gasteiger partial charge in [0, 0.05) is 11.1 Å². The Labute approximate surface area is 142 Å². The first-order chi connectivity index (χ1) is 11.5. The van der Waals surface area contributed by atoms with E-state index in [1.165, 1.54) is 0 Å². The lowest BCUT2D eigenvalue weighted by Crippen LogP contribution is -2.22. The minimum atomic E-state index is -4.98. The van der Waals surface area contributed by atoms with E-state index in [0.29, 0.717) is 6.07 Å². The van der Waals surface area contributed by atoms with Crippen molar-refractivity contribution in [2.75, 3.05) is 6.61 Å². The second-order valence-corrected chi connectivity index (χ2v) is 5.25. The lowest BCUT2D eigenvalue weighted by atomic mass is 10.0. The highest BCUT2D eigenvalue weighted by atomic mass is 35.5. The third-order valence-electron chi connectivity index (χ3n) is 3.13. The number of nitrogens with one attached hydrogen (secondary N) is 1. The van der Waals surface area contributed by atoms with Crippen LogP contribution >= 0.6 is 11.6 Å². The van der Waals surface area contributed by atoms with Crippen LogP contribution in [-0.4, -0.2) is 27.9 Å². The molecule has 11 heteroatoms. The van der Waals surface area contributed by atoms with E-state index in [0.717, 1.165) is 13.0 Å². The maximum Gasteiger partial charge on any atom is 0.419 e. The van der Waals surface area contributed by atoms with Crippen molar-refractivity contribution in [2.24, 2.45) is 0 Å². The number of nitrogens with zero attached hydrogens (tertiary/aromatic N) is 1. The predicted molar refractivity (Wildman–Crippen MR) is 78.1 cm³/mol. The molecule has 25 heavy (non-hydrogen) atoms. The summed E-state index contributed by atoms with van der Waals surface area (Å²) in [6.45, 7) is 0.0809. The van der Waals surface area contributed by atoms with E-state index in [1.54, 1.807) is 0 Å². The van der Waals surface area contributed by atoms with Crippen molar-refractivity contribution in [2.45, 2.75) is 13.1 Å². The normalized spacial score (nSPS) is 11.4. The summed E-state index contributed by atoms with van der Waals surface area (Å²) >= 11 is 5.70. The summed E-state index contributed by atoms with van der Waals surface area (Å²) in [7, 11) is 0. The minimum absolute atomic E-state index is 0.336. The van der Waals surface area contributed by atoms with Crippen molar-refractivity contribution < 1.29 is 32.2 Å². The van der Waals surface area contributed by atoms with Gasteiger partial charge in [0.05, 0.1) is 10.6 Å². The highest BCUT2D eigenvalue weighted by molar-refractivity contribution is 6.32. The number of carbonyl (C=O) groups is 1. The number of hydrogen-bond donors (Lipinski definition) is 2. The van der Waals surface area contributed by atoms with Crippen molar-refractivity contribution in [3.05, 3.63) is 44.5 Å². The monoisotopic (exact) mass is 380 g/mol. The Morgan fingerprint density at radius 1 is 1.40 bits per heavy atom. The molecule has 1 aromatic heterocycles. The number of hydrogen-bond acceptors (Lipinski definition) is 4. The van der Waals surface area contributed by atoms with Crippen LogP contribution in [0, 0.1) is 12.7 Å². The van der Waals surface area contributed by atoms with Crippen molar-refractivity contribution in [1.29, 1.82) is 0 Å². The molecule has 2 rings (SSSR count). The smallest absolute Gasteiger partial charge is 0.419 e. The molecule has 6 nitrogen and oxygen atoms in total. The molecule has 0 unspecified atom stereocenters. The van der Waals surface area contributed by atoms with Crippen LogP contribution in [0.3, 0.4) is 0 Å². The zero-order valence-corrected chi connectivity index (χ0v) is 13.1. The molecule has 0 saturated heterocycles. The summed E-state index contributed by atoms with van der Waals surface area (Å²) in [6.07, 6.45) is -4.98. The van der Waals surface area contributed by atoms with Crippen molar-refractivity contribution in [3.63, 3.8) is 0 Å². The van der Waals surface area contributed by atoms with Gasteiger partial charge in [-0.15, -0.1) is 0 Å². The SMILES string of the molecule is Cc1c(C(F)(F)F)c(-c2cc(OCC(=O)O)c(Cl)cc2F)n[nH]c1=O. The Morgan fingerprint density at radius 3 is 2.60 bits per heavy atom. The highest BCUT2D eigenvalue weighted by Crippen LogP contribution is 2.40. The van der Waals surface area contributed by atoms with E-state index in [1.807, 2.05) is 5.10 Å². The number of aliphatic carboxylic acids is 1. The summed E-state index contributed by atoms with van der Waals surface area (Å²) in [4.78, 5) is 22.0. The molecule has 1 heterocycles. The van der Waals surface area contributed by atoms with Crippen LogP contribution < -0.4 is 10.3 Å². The topological polar surface area (TPSA) is 92.3 Å². The molecule has 0 bridgehead atoms. The number of halogens is 5. The maximum atomic E-state index is 14.2. The molecule has 1 aromatic carbocycles. The van der Waals surface area contributed by atoms with Gasteiger partial charge in [0.2, 0.25) is 0 Å². The van der Waals surface area contributed by atoms with Crippen LogP contribution in [0.1, 0.15) is 11.1 Å². The Balaban J connectivity index is 2.70. The van der Waals surface area contributed by atoms with Gasteiger partial charge in [0.1, 0.15) is 17.3 Å². The van der Waals surface area contributed by atoms with E-state index in [4.69, 9.17) is 21.4 Å². The van der Waals surface area contributed by atoms with Crippen LogP contribution in [0.5, 0.6) is 5.75 Å². The number of ether oxygens (including phenoxy) is 1. The van der Waals surface area contributed by atoms with Crippen molar-refractivity contribution >= 4 is 17.6 Å². The van der Waals surface area contributed by atoms with E-state index < -0.39 is 52.5 Å². The molecule has 0 radical (unpaired) electrons. The Hall–Kier alpha value is -2.62. The van der Waals surface area contributed by atoms with Crippen LogP contribution in [0.25, 0.3) is 11.3 Å². The van der Waals surface area contributed by atoms with Crippen LogP contribution in [0.4, 0.5) is 17.6 Å². The van der Waals surface area contributed by atoms with Gasteiger partial charge in [-0.3, -0.25) is 4.79 Å². The molecule has 0 atom stereocenters. The van der Waals surface area contributed by atoms with Gasteiger partial charge in [-0.05, 0) is 19.1 Å². The van der Waals surface area contributed by atoms with Crippen molar-refractivity contribution in [1.82, 2.24) is 10.2 Å². The number of carboxylic acids is 1. The van der Waals surface area contributed by atoms with E-state index in [-0.39, 0.29) is 10.8 Å². The fourth-order valence-corrected chi connectivity index (χ4v) is 2.24. The van der Waals surface area contributed by atoms with Gasteiger partial charge in [-0.2, -0.15) is 18.3 Å². The fraction of sp³-hybridized carbons (Fsp3) is 0.214. The van der Waals surface area contributed by atoms with Crippen LogP contribution in [-0.2, 0) is 11.0 Å². The Kier molecular flexibility index (Phi) is 5.02. The molecule has 0 amide bonds. The first-order valence-corrected chi connectivity index (χ1v) is 6.90. The minimum Gasteiger partial charge on any atom is -0.480 e. The van der Waals surface area contributed by atoms with Gasteiger partial charge in [0.15, 0.2) is 6.61 Å². The summed E-state index contributed by atoms with van der Waals surface area (Å²) in [6, 6.07) is 1.45. The zero-order valence-electron chi connectivity index (χ0n) is 12.4. The molecular formula is C14H9ClF4N2O4. The highest BCUT2D eigenvalue weighted by Gasteiger charge is 2.38. The average molecular weight is 381 g/mol. The van der Waals surface area contributed by atoms with Crippen LogP contribution in [0.15, 0.2) is 16.9 Å².